The Balaban J connectivity index is -0.0000000643. The Morgan fingerprint density at radius 1 is 0.548 bits per heavy atom. The number of benzene rings is 1. The number of rotatable bonds is 1. The fourth-order valence-electron chi connectivity index (χ4n) is 0.385. The molecule has 0 amide bonds. The molecule has 0 saturated heterocycles. The first-order chi connectivity index (χ1) is 13.4. The molecule has 0 bridgehead atoms. The van der Waals surface area contributed by atoms with Crippen LogP contribution in [0.5, 0.6) is 0 Å². The maximum atomic E-state index is 10.7. The van der Waals surface area contributed by atoms with Gasteiger partial charge in [0.15, 0.2) is 19.7 Å². The molecule has 0 spiro atoms. The third kappa shape index (κ3) is 37.0. The molecule has 1 rings (SSSR count). The molecule has 1 aromatic carbocycles. The molecule has 0 fully saturated rings. The number of sulfone groups is 2. The predicted octanol–water partition coefficient (Wildman–Crippen LogP) is 6.36. The van der Waals surface area contributed by atoms with Gasteiger partial charge in [0.05, 0.1) is 9.49 Å². The Hall–Kier alpha value is -0.712. The molecular weight excluding hydrogens is 600 g/mol. The van der Waals surface area contributed by atoms with E-state index in [4.69, 9.17) is 13.2 Å². The van der Waals surface area contributed by atoms with Crippen molar-refractivity contribution >= 4 is 19.7 Å². The molecule has 0 aliphatic rings. The second-order valence-electron chi connectivity index (χ2n) is 7.31. The van der Waals surface area contributed by atoms with Gasteiger partial charge in [0.1, 0.15) is 0 Å². The van der Waals surface area contributed by atoms with Crippen LogP contribution in [0.3, 0.4) is 0 Å². The van der Waals surface area contributed by atoms with Gasteiger partial charge in [-0.25, -0.2) is 16.8 Å². The van der Waals surface area contributed by atoms with Crippen LogP contribution in [0.4, 0.5) is 0 Å². The van der Waals surface area contributed by atoms with Gasteiger partial charge in [0.25, 0.3) is 0 Å². The van der Waals surface area contributed by atoms with Gasteiger partial charge in [-0.15, -0.1) is 0 Å². The van der Waals surface area contributed by atoms with E-state index in [9.17, 15) is 16.8 Å². The summed E-state index contributed by atoms with van der Waals surface area (Å²) < 4.78 is 41.4. The van der Waals surface area contributed by atoms with E-state index in [1.807, 2.05) is 64.1 Å². The third-order valence-corrected chi connectivity index (χ3v) is 7.45. The first-order valence-corrected chi connectivity index (χ1v) is 13.7. The number of hydrogen-bond donors (Lipinski definition) is 0. The SMILES string of the molecule is CC.CC.CC(C)(C)S(C)(=O)=O.CC(C)(C)S(C)(=O)=O.[CH-]=CC=[CH-].[W+2].c1ccccc1. The van der Waals surface area contributed by atoms with E-state index in [-0.39, 0.29) is 21.1 Å². The van der Waals surface area contributed by atoms with E-state index in [1.54, 1.807) is 41.5 Å². The third-order valence-electron chi connectivity index (χ3n) is 3.00. The van der Waals surface area contributed by atoms with Crippen LogP contribution in [0, 0.1) is 13.2 Å². The van der Waals surface area contributed by atoms with Gasteiger partial charge in [-0.2, -0.15) is 0 Å². The van der Waals surface area contributed by atoms with Crippen LogP contribution in [0.25, 0.3) is 0 Å². The zero-order valence-corrected chi connectivity index (χ0v) is 26.2. The van der Waals surface area contributed by atoms with Crippen molar-refractivity contribution in [2.24, 2.45) is 0 Å². The average Bonchev–Trinajstić information content (AvgIpc) is 2.64. The Morgan fingerprint density at radius 3 is 0.677 bits per heavy atom. The molecule has 0 atom stereocenters. The minimum absolute atomic E-state index is 0. The van der Waals surface area contributed by atoms with Crippen LogP contribution >= 0.6 is 0 Å². The van der Waals surface area contributed by atoms with Crippen molar-refractivity contribution in [3.8, 4) is 0 Å². The zero-order chi connectivity index (χ0) is 25.7. The minimum Gasteiger partial charge on any atom is -0.394 e. The Kier molecular flexibility index (Phi) is 34.0. The van der Waals surface area contributed by atoms with E-state index in [1.165, 1.54) is 24.7 Å². The summed E-state index contributed by atoms with van der Waals surface area (Å²) in [6.07, 6.45) is 5.04. The minimum atomic E-state index is -2.84. The number of allylic oxidation sites excluding steroid dienone is 2. The summed E-state index contributed by atoms with van der Waals surface area (Å²) in [5, 5.41) is 0. The fraction of sp³-hybridized carbons (Fsp3) is 0.583. The molecule has 184 valence electrons. The fourth-order valence-corrected chi connectivity index (χ4v) is 0.385. The van der Waals surface area contributed by atoms with E-state index in [2.05, 4.69) is 0 Å². The quantitative estimate of drug-likeness (QED) is 0.263. The molecule has 7 heteroatoms. The summed E-state index contributed by atoms with van der Waals surface area (Å²) in [7, 11) is -5.68. The number of hydrogen-bond acceptors (Lipinski definition) is 4. The zero-order valence-electron chi connectivity index (χ0n) is 21.6. The van der Waals surface area contributed by atoms with Crippen LogP contribution in [0.15, 0.2) is 48.6 Å². The van der Waals surface area contributed by atoms with Crippen molar-refractivity contribution in [2.45, 2.75) is 78.7 Å². The molecule has 1 aromatic rings. The van der Waals surface area contributed by atoms with E-state index in [0.29, 0.717) is 0 Å². The maximum absolute atomic E-state index is 10.7. The monoisotopic (exact) mass is 646 g/mol. The van der Waals surface area contributed by atoms with Gasteiger partial charge >= 0.3 is 21.1 Å². The summed E-state index contributed by atoms with van der Waals surface area (Å²) in [6, 6.07) is 12.0. The van der Waals surface area contributed by atoms with Crippen LogP contribution in [0.2, 0.25) is 0 Å². The first kappa shape index (κ1) is 44.0. The molecule has 0 radical (unpaired) electrons. The van der Waals surface area contributed by atoms with Gasteiger partial charge in [0, 0.05) is 12.5 Å². The second kappa shape index (κ2) is 23.9. The summed E-state index contributed by atoms with van der Waals surface area (Å²) in [5.74, 6) is 0. The molecule has 0 N–H and O–H groups in total. The van der Waals surface area contributed by atoms with Gasteiger partial charge in [-0.3, -0.25) is 0 Å². The van der Waals surface area contributed by atoms with Crippen LogP contribution in [0.1, 0.15) is 69.2 Å². The van der Waals surface area contributed by atoms with E-state index in [0.717, 1.165) is 0 Å². The smallest absolute Gasteiger partial charge is 0.394 e. The largest absolute Gasteiger partial charge is 2.00 e. The molecule has 0 saturated carbocycles. The van der Waals surface area contributed by atoms with Crippen molar-refractivity contribution in [3.05, 3.63) is 61.7 Å². The summed E-state index contributed by atoms with van der Waals surface area (Å²) in [6.45, 7) is 27.5. The summed E-state index contributed by atoms with van der Waals surface area (Å²) in [4.78, 5) is 0. The molecule has 0 aromatic heterocycles. The van der Waals surface area contributed by atoms with Gasteiger partial charge in [-0.05, 0) is 41.5 Å². The predicted molar refractivity (Wildman–Crippen MR) is 136 cm³/mol. The second-order valence-corrected chi connectivity index (χ2v) is 12.8. The van der Waals surface area contributed by atoms with E-state index < -0.39 is 29.2 Å². The van der Waals surface area contributed by atoms with Crippen molar-refractivity contribution < 1.29 is 37.9 Å². The van der Waals surface area contributed by atoms with Crippen molar-refractivity contribution in [2.75, 3.05) is 12.5 Å². The standard InChI is InChI=1S/C6H6.2C5H12O2S.C4H4.2C2H6.W/c1-2-4-6-5-3-1;2*1-5(2,3)8(4,6)7;1-3-4-2;2*1-2;/h1-6H;2*1-4H3;1-4H;2*1-2H3;/q;;;-2;;;+2. The van der Waals surface area contributed by atoms with E-state index >= 15 is 0 Å². The molecular formula is C24H46O4S2W. The van der Waals surface area contributed by atoms with Crippen molar-refractivity contribution in [1.29, 1.82) is 0 Å². The molecule has 4 nitrogen and oxygen atoms in total. The summed E-state index contributed by atoms with van der Waals surface area (Å²) in [5.41, 5.74) is 0. The Morgan fingerprint density at radius 2 is 0.645 bits per heavy atom. The van der Waals surface area contributed by atoms with Gasteiger partial charge < -0.3 is 25.3 Å². The topological polar surface area (TPSA) is 68.3 Å². The summed E-state index contributed by atoms with van der Waals surface area (Å²) >= 11 is 0. The molecule has 0 unspecified atom stereocenters. The van der Waals surface area contributed by atoms with Gasteiger partial charge in [-0.1, -0.05) is 64.1 Å². The van der Waals surface area contributed by atoms with Crippen LogP contribution < -0.4 is 0 Å². The van der Waals surface area contributed by atoms with Gasteiger partial charge in [0.2, 0.25) is 0 Å². The molecule has 0 heterocycles. The Labute approximate surface area is 209 Å². The first-order valence-electron chi connectivity index (χ1n) is 9.89. The molecule has 31 heavy (non-hydrogen) atoms. The van der Waals surface area contributed by atoms with Crippen molar-refractivity contribution in [3.63, 3.8) is 0 Å². The van der Waals surface area contributed by atoms with Crippen molar-refractivity contribution in [1.82, 2.24) is 0 Å². The van der Waals surface area contributed by atoms with Crippen LogP contribution in [-0.2, 0) is 40.7 Å². The Bertz CT molecular complexity index is 621. The van der Waals surface area contributed by atoms with Crippen LogP contribution in [-0.4, -0.2) is 38.8 Å². The average molecular weight is 647 g/mol. The normalized spacial score (nSPS) is 9.81. The molecule has 0 aliphatic carbocycles. The molecule has 0 aliphatic heterocycles. The maximum Gasteiger partial charge on any atom is 2.00 e.